The van der Waals surface area contributed by atoms with Crippen molar-refractivity contribution in [2.45, 2.75) is 19.3 Å². The molecule has 4 heterocycles. The van der Waals surface area contributed by atoms with Crippen molar-refractivity contribution in [3.05, 3.63) is 47.7 Å². The van der Waals surface area contributed by atoms with Crippen molar-refractivity contribution in [2.75, 3.05) is 19.6 Å². The second-order valence-corrected chi connectivity index (χ2v) is 7.32. The van der Waals surface area contributed by atoms with Gasteiger partial charge in [-0.1, -0.05) is 0 Å². The van der Waals surface area contributed by atoms with Crippen molar-refractivity contribution in [1.82, 2.24) is 19.8 Å². The van der Waals surface area contributed by atoms with Crippen molar-refractivity contribution in [3.8, 4) is 5.69 Å². The molecule has 1 fully saturated rings. The van der Waals surface area contributed by atoms with Crippen molar-refractivity contribution in [1.29, 1.82) is 0 Å². The molecule has 0 bridgehead atoms. The molecule has 6 nitrogen and oxygen atoms in total. The second-order valence-electron chi connectivity index (χ2n) is 6.32. The maximum atomic E-state index is 12.8. The van der Waals surface area contributed by atoms with E-state index in [0.717, 1.165) is 35.3 Å². The van der Waals surface area contributed by atoms with Crippen LogP contribution in [0.25, 0.3) is 15.9 Å². The first-order valence-corrected chi connectivity index (χ1v) is 9.62. The molecule has 0 aromatic carbocycles. The SMILES string of the molecule is O=C(NCCCN1CCCC1=O)c1sc2ncccc2c1-n1cccc1. The number of pyridine rings is 1. The van der Waals surface area contributed by atoms with Gasteiger partial charge in [-0.2, -0.15) is 0 Å². The maximum absolute atomic E-state index is 12.8. The van der Waals surface area contributed by atoms with Crippen molar-refractivity contribution in [2.24, 2.45) is 0 Å². The third-order valence-corrected chi connectivity index (χ3v) is 5.67. The first kappa shape index (κ1) is 16.8. The number of nitrogens with zero attached hydrogens (tertiary/aromatic N) is 3. The maximum Gasteiger partial charge on any atom is 0.263 e. The quantitative estimate of drug-likeness (QED) is 0.681. The van der Waals surface area contributed by atoms with Crippen LogP contribution in [0.1, 0.15) is 28.9 Å². The Morgan fingerprint density at radius 2 is 2.12 bits per heavy atom. The highest BCUT2D eigenvalue weighted by molar-refractivity contribution is 7.21. The number of hydrogen-bond acceptors (Lipinski definition) is 4. The van der Waals surface area contributed by atoms with Gasteiger partial charge in [-0.25, -0.2) is 4.98 Å². The van der Waals surface area contributed by atoms with E-state index in [-0.39, 0.29) is 11.8 Å². The molecule has 7 heteroatoms. The van der Waals surface area contributed by atoms with Gasteiger partial charge in [0.25, 0.3) is 5.91 Å². The predicted octanol–water partition coefficient (Wildman–Crippen LogP) is 2.83. The lowest BCUT2D eigenvalue weighted by molar-refractivity contribution is -0.127. The van der Waals surface area contributed by atoms with E-state index >= 15 is 0 Å². The summed E-state index contributed by atoms with van der Waals surface area (Å²) in [6, 6.07) is 7.75. The fourth-order valence-electron chi connectivity index (χ4n) is 3.31. The van der Waals surface area contributed by atoms with Gasteiger partial charge in [0.2, 0.25) is 5.91 Å². The van der Waals surface area contributed by atoms with Crippen LogP contribution in [0.15, 0.2) is 42.9 Å². The van der Waals surface area contributed by atoms with Crippen LogP contribution in [0.4, 0.5) is 0 Å². The standard InChI is InChI=1S/C19H20N4O2S/c24-15-7-4-12-22(15)13-5-9-20-18(25)17-16(23-10-1-2-11-23)14-6-3-8-21-19(14)26-17/h1-3,6,8,10-11H,4-5,7,9,12-13H2,(H,20,25). The van der Waals surface area contributed by atoms with Crippen LogP contribution in [-0.4, -0.2) is 45.9 Å². The second kappa shape index (κ2) is 7.29. The summed E-state index contributed by atoms with van der Waals surface area (Å²) in [4.78, 5) is 32.2. The smallest absolute Gasteiger partial charge is 0.263 e. The van der Waals surface area contributed by atoms with E-state index in [0.29, 0.717) is 24.4 Å². The van der Waals surface area contributed by atoms with Crippen LogP contribution in [0, 0.1) is 0 Å². The highest BCUT2D eigenvalue weighted by Gasteiger charge is 2.21. The summed E-state index contributed by atoms with van der Waals surface area (Å²) < 4.78 is 1.96. The minimum Gasteiger partial charge on any atom is -0.351 e. The van der Waals surface area contributed by atoms with Crippen molar-refractivity contribution in [3.63, 3.8) is 0 Å². The number of carbonyl (C=O) groups is 2. The molecule has 1 saturated heterocycles. The lowest BCUT2D eigenvalue weighted by atomic mass is 10.2. The molecule has 3 aromatic heterocycles. The molecule has 2 amide bonds. The van der Waals surface area contributed by atoms with Crippen LogP contribution in [0.5, 0.6) is 0 Å². The lowest BCUT2D eigenvalue weighted by Gasteiger charge is -2.15. The Balaban J connectivity index is 1.48. The Bertz CT molecular complexity index is 932. The molecule has 0 atom stereocenters. The van der Waals surface area contributed by atoms with E-state index in [4.69, 9.17) is 0 Å². The molecule has 26 heavy (non-hydrogen) atoms. The van der Waals surface area contributed by atoms with Crippen LogP contribution in [-0.2, 0) is 4.79 Å². The normalized spacial score (nSPS) is 14.3. The zero-order chi connectivity index (χ0) is 17.9. The number of aromatic nitrogens is 2. The zero-order valence-electron chi connectivity index (χ0n) is 14.4. The van der Waals surface area contributed by atoms with Crippen LogP contribution in [0.2, 0.25) is 0 Å². The van der Waals surface area contributed by atoms with Gasteiger partial charge < -0.3 is 14.8 Å². The Kier molecular flexibility index (Phi) is 4.71. The summed E-state index contributed by atoms with van der Waals surface area (Å²) in [5.41, 5.74) is 0.871. The molecule has 4 rings (SSSR count). The largest absolute Gasteiger partial charge is 0.351 e. The fourth-order valence-corrected chi connectivity index (χ4v) is 4.36. The van der Waals surface area contributed by atoms with Gasteiger partial charge >= 0.3 is 0 Å². The number of likely N-dealkylation sites (tertiary alicyclic amines) is 1. The summed E-state index contributed by atoms with van der Waals surface area (Å²) in [6.07, 6.45) is 7.97. The Labute approximate surface area is 155 Å². The third kappa shape index (κ3) is 3.22. The molecule has 0 spiro atoms. The van der Waals surface area contributed by atoms with Crippen LogP contribution >= 0.6 is 11.3 Å². The molecule has 3 aromatic rings. The average molecular weight is 368 g/mol. The predicted molar refractivity (Wildman–Crippen MR) is 102 cm³/mol. The summed E-state index contributed by atoms with van der Waals surface area (Å²) >= 11 is 1.41. The molecule has 1 N–H and O–H groups in total. The van der Waals surface area contributed by atoms with E-state index in [2.05, 4.69) is 10.3 Å². The number of rotatable bonds is 6. The number of thiophene rings is 1. The van der Waals surface area contributed by atoms with Gasteiger partial charge in [-0.05, 0) is 37.1 Å². The van der Waals surface area contributed by atoms with E-state index in [9.17, 15) is 9.59 Å². The first-order valence-electron chi connectivity index (χ1n) is 8.81. The first-order chi connectivity index (χ1) is 12.7. The highest BCUT2D eigenvalue weighted by Crippen LogP contribution is 2.32. The average Bonchev–Trinajstić information content (AvgIpc) is 3.37. The van der Waals surface area contributed by atoms with Crippen LogP contribution in [0.3, 0.4) is 0 Å². The Hall–Kier alpha value is -2.67. The number of nitrogens with one attached hydrogen (secondary N) is 1. The molecular formula is C19H20N4O2S. The summed E-state index contributed by atoms with van der Waals surface area (Å²) in [7, 11) is 0. The number of amides is 2. The van der Waals surface area contributed by atoms with E-state index in [1.807, 2.05) is 46.1 Å². The number of fused-ring (bicyclic) bond motifs is 1. The van der Waals surface area contributed by atoms with E-state index in [1.165, 1.54) is 11.3 Å². The summed E-state index contributed by atoms with van der Waals surface area (Å²) in [6.45, 7) is 2.10. The molecule has 0 aliphatic carbocycles. The fraction of sp³-hybridized carbons (Fsp3) is 0.316. The number of carbonyl (C=O) groups excluding carboxylic acids is 2. The highest BCUT2D eigenvalue weighted by atomic mass is 32.1. The molecule has 0 unspecified atom stereocenters. The minimum absolute atomic E-state index is 0.0931. The summed E-state index contributed by atoms with van der Waals surface area (Å²) in [5.74, 6) is 0.131. The van der Waals surface area contributed by atoms with E-state index < -0.39 is 0 Å². The molecule has 0 radical (unpaired) electrons. The molecule has 0 saturated carbocycles. The van der Waals surface area contributed by atoms with Crippen molar-refractivity contribution >= 4 is 33.4 Å². The van der Waals surface area contributed by atoms with Gasteiger partial charge in [0.15, 0.2) is 0 Å². The molecular weight excluding hydrogens is 348 g/mol. The van der Waals surface area contributed by atoms with Gasteiger partial charge in [-0.15, -0.1) is 11.3 Å². The zero-order valence-corrected chi connectivity index (χ0v) is 15.2. The third-order valence-electron chi connectivity index (χ3n) is 4.57. The molecule has 1 aliphatic heterocycles. The van der Waals surface area contributed by atoms with Gasteiger partial charge in [0.05, 0.1) is 5.69 Å². The van der Waals surface area contributed by atoms with Crippen molar-refractivity contribution < 1.29 is 9.59 Å². The lowest BCUT2D eigenvalue weighted by Crippen LogP contribution is -2.30. The van der Waals surface area contributed by atoms with E-state index in [1.54, 1.807) is 6.20 Å². The number of hydrogen-bond donors (Lipinski definition) is 1. The van der Waals surface area contributed by atoms with Crippen LogP contribution < -0.4 is 5.32 Å². The minimum atomic E-state index is -0.0931. The Morgan fingerprint density at radius 3 is 2.88 bits per heavy atom. The Morgan fingerprint density at radius 1 is 1.27 bits per heavy atom. The van der Waals surface area contributed by atoms with Gasteiger partial charge in [0.1, 0.15) is 9.71 Å². The molecule has 1 aliphatic rings. The molecule has 134 valence electrons. The topological polar surface area (TPSA) is 67.2 Å². The monoisotopic (exact) mass is 368 g/mol. The summed E-state index contributed by atoms with van der Waals surface area (Å²) in [5, 5.41) is 3.97. The van der Waals surface area contributed by atoms with Gasteiger partial charge in [0, 0.05) is 50.0 Å². The van der Waals surface area contributed by atoms with Gasteiger partial charge in [-0.3, -0.25) is 9.59 Å².